The molecular formula is C24H27N5O4S. The number of hydrogen-bond acceptors (Lipinski definition) is 7. The number of urea groups is 1. The molecule has 0 unspecified atom stereocenters. The van der Waals surface area contributed by atoms with Crippen molar-refractivity contribution < 1.29 is 17.9 Å². The van der Waals surface area contributed by atoms with E-state index in [4.69, 9.17) is 9.72 Å². The van der Waals surface area contributed by atoms with Gasteiger partial charge in [0.25, 0.3) is 0 Å². The highest BCUT2D eigenvalue weighted by Crippen LogP contribution is 2.25. The first kappa shape index (κ1) is 23.7. The molecule has 1 aliphatic rings. The number of hydrogen-bond donors (Lipinski definition) is 2. The van der Waals surface area contributed by atoms with Crippen LogP contribution in [0.4, 0.5) is 22.0 Å². The van der Waals surface area contributed by atoms with Crippen LogP contribution in [0.5, 0.6) is 0 Å². The van der Waals surface area contributed by atoms with E-state index in [-0.39, 0.29) is 17.8 Å². The molecule has 3 aromatic rings. The fourth-order valence-corrected chi connectivity index (χ4v) is 4.41. The van der Waals surface area contributed by atoms with Crippen LogP contribution in [0.3, 0.4) is 0 Å². The number of aromatic nitrogens is 2. The van der Waals surface area contributed by atoms with Crippen molar-refractivity contribution in [3.63, 3.8) is 0 Å². The maximum atomic E-state index is 12.4. The van der Waals surface area contributed by atoms with Crippen molar-refractivity contribution in [3.05, 3.63) is 66.4 Å². The van der Waals surface area contributed by atoms with Crippen LogP contribution in [0.1, 0.15) is 12.6 Å². The van der Waals surface area contributed by atoms with Crippen molar-refractivity contribution in [3.8, 4) is 11.4 Å². The van der Waals surface area contributed by atoms with E-state index in [9.17, 15) is 13.2 Å². The standard InChI is InChI=1S/C24H27N5O4S/c1-17-15-33-12-11-29(17)22-14-21(16-34(2,31)32)25-23(28-22)18-7-6-10-20(13-18)27-24(30)26-19-8-4-3-5-9-19/h3-10,13-14,17H,11-12,15-16H2,1-2H3,(H2,26,27,30)/t17-/m0/s1. The van der Waals surface area contributed by atoms with Crippen LogP contribution in [-0.4, -0.2) is 56.5 Å². The van der Waals surface area contributed by atoms with Gasteiger partial charge in [-0.05, 0) is 31.2 Å². The predicted octanol–water partition coefficient (Wildman–Crippen LogP) is 3.56. The SMILES string of the molecule is C[C@H]1COCCN1c1cc(CS(C)(=O)=O)nc(-c2cccc(NC(=O)Nc3ccccc3)c2)n1. The first-order valence-corrected chi connectivity index (χ1v) is 13.0. The summed E-state index contributed by atoms with van der Waals surface area (Å²) in [4.78, 5) is 23.7. The molecule has 1 fully saturated rings. The first-order chi connectivity index (χ1) is 16.3. The van der Waals surface area contributed by atoms with Crippen molar-refractivity contribution in [1.82, 2.24) is 9.97 Å². The highest BCUT2D eigenvalue weighted by molar-refractivity contribution is 7.89. The molecule has 2 amide bonds. The molecule has 1 aromatic heterocycles. The molecule has 1 saturated heterocycles. The normalized spacial score (nSPS) is 16.2. The summed E-state index contributed by atoms with van der Waals surface area (Å²) < 4.78 is 29.5. The molecule has 0 saturated carbocycles. The molecule has 178 valence electrons. The number of anilines is 3. The van der Waals surface area contributed by atoms with Gasteiger partial charge in [0.1, 0.15) is 5.82 Å². The van der Waals surface area contributed by atoms with Gasteiger partial charge in [-0.2, -0.15) is 0 Å². The molecule has 0 bridgehead atoms. The first-order valence-electron chi connectivity index (χ1n) is 10.9. The Labute approximate surface area is 199 Å². The minimum atomic E-state index is -3.29. The maximum Gasteiger partial charge on any atom is 0.323 e. The number of rotatable bonds is 6. The van der Waals surface area contributed by atoms with Crippen LogP contribution in [-0.2, 0) is 20.3 Å². The molecule has 4 rings (SSSR count). The van der Waals surface area contributed by atoms with Crippen molar-refractivity contribution >= 4 is 33.1 Å². The van der Waals surface area contributed by atoms with Gasteiger partial charge < -0.3 is 20.3 Å². The summed E-state index contributed by atoms with van der Waals surface area (Å²) in [7, 11) is -3.29. The van der Waals surface area contributed by atoms with Crippen LogP contribution in [0, 0.1) is 0 Å². The number of para-hydroxylation sites is 1. The van der Waals surface area contributed by atoms with E-state index in [1.165, 1.54) is 6.26 Å². The van der Waals surface area contributed by atoms with Gasteiger partial charge in [0.2, 0.25) is 0 Å². The van der Waals surface area contributed by atoms with E-state index in [2.05, 4.69) is 20.5 Å². The lowest BCUT2D eigenvalue weighted by atomic mass is 10.1. The quantitative estimate of drug-likeness (QED) is 0.553. The molecule has 2 heterocycles. The van der Waals surface area contributed by atoms with Gasteiger partial charge in [-0.1, -0.05) is 30.3 Å². The number of amides is 2. The van der Waals surface area contributed by atoms with Gasteiger partial charge in [-0.25, -0.2) is 23.2 Å². The Kier molecular flexibility index (Phi) is 7.09. The summed E-state index contributed by atoms with van der Waals surface area (Å²) in [6.45, 7) is 3.82. The Morgan fingerprint density at radius 2 is 1.79 bits per heavy atom. The lowest BCUT2D eigenvalue weighted by molar-refractivity contribution is 0.0985. The number of benzene rings is 2. The highest BCUT2D eigenvalue weighted by atomic mass is 32.2. The fraction of sp³-hybridized carbons (Fsp3) is 0.292. The third-order valence-corrected chi connectivity index (χ3v) is 6.07. The largest absolute Gasteiger partial charge is 0.377 e. The Balaban J connectivity index is 1.62. The Hall–Kier alpha value is -3.50. The van der Waals surface area contributed by atoms with Crippen molar-refractivity contribution in [2.75, 3.05) is 41.5 Å². The molecule has 2 N–H and O–H groups in total. The second-order valence-electron chi connectivity index (χ2n) is 8.25. The smallest absolute Gasteiger partial charge is 0.323 e. The lowest BCUT2D eigenvalue weighted by Gasteiger charge is -2.34. The van der Waals surface area contributed by atoms with E-state index in [0.29, 0.717) is 54.0 Å². The van der Waals surface area contributed by atoms with Crippen LogP contribution in [0.25, 0.3) is 11.4 Å². The molecular weight excluding hydrogens is 454 g/mol. The molecule has 9 nitrogen and oxygen atoms in total. The van der Waals surface area contributed by atoms with E-state index in [0.717, 1.165) is 0 Å². The molecule has 10 heteroatoms. The number of nitrogens with zero attached hydrogens (tertiary/aromatic N) is 3. The average molecular weight is 482 g/mol. The molecule has 0 aliphatic carbocycles. The zero-order chi connectivity index (χ0) is 24.1. The number of sulfone groups is 1. The summed E-state index contributed by atoms with van der Waals surface area (Å²) in [5.41, 5.74) is 2.32. The van der Waals surface area contributed by atoms with Gasteiger partial charge in [-0.3, -0.25) is 0 Å². The molecule has 34 heavy (non-hydrogen) atoms. The van der Waals surface area contributed by atoms with Gasteiger partial charge >= 0.3 is 6.03 Å². The summed E-state index contributed by atoms with van der Waals surface area (Å²) in [5.74, 6) is 0.854. The van der Waals surface area contributed by atoms with E-state index in [1.807, 2.05) is 31.2 Å². The van der Waals surface area contributed by atoms with Crippen LogP contribution in [0.15, 0.2) is 60.7 Å². The Morgan fingerprint density at radius 3 is 2.53 bits per heavy atom. The number of carbonyl (C=O) groups excluding carboxylic acids is 1. The minimum absolute atomic E-state index is 0.0947. The molecule has 0 spiro atoms. The second kappa shape index (κ2) is 10.2. The minimum Gasteiger partial charge on any atom is -0.377 e. The number of morpholine rings is 1. The van der Waals surface area contributed by atoms with Gasteiger partial charge in [0.15, 0.2) is 15.7 Å². The summed E-state index contributed by atoms with van der Waals surface area (Å²) in [6, 6.07) is 17.7. The van der Waals surface area contributed by atoms with Gasteiger partial charge in [-0.15, -0.1) is 0 Å². The fourth-order valence-electron chi connectivity index (χ4n) is 3.72. The molecule has 0 radical (unpaired) electrons. The summed E-state index contributed by atoms with van der Waals surface area (Å²) in [6.07, 6.45) is 1.18. The molecule has 1 aliphatic heterocycles. The topological polar surface area (TPSA) is 114 Å². The van der Waals surface area contributed by atoms with Crippen molar-refractivity contribution in [2.24, 2.45) is 0 Å². The van der Waals surface area contributed by atoms with Gasteiger partial charge in [0.05, 0.1) is 30.7 Å². The van der Waals surface area contributed by atoms with Crippen molar-refractivity contribution in [2.45, 2.75) is 18.7 Å². The maximum absolute atomic E-state index is 12.4. The highest BCUT2D eigenvalue weighted by Gasteiger charge is 2.22. The van der Waals surface area contributed by atoms with Crippen molar-refractivity contribution in [1.29, 1.82) is 0 Å². The number of ether oxygens (including phenoxy) is 1. The van der Waals surface area contributed by atoms with Crippen LogP contribution in [0.2, 0.25) is 0 Å². The molecule has 2 aromatic carbocycles. The van der Waals surface area contributed by atoms with Crippen LogP contribution < -0.4 is 15.5 Å². The monoisotopic (exact) mass is 481 g/mol. The Bertz CT molecular complexity index is 1270. The lowest BCUT2D eigenvalue weighted by Crippen LogP contribution is -2.44. The van der Waals surface area contributed by atoms with E-state index >= 15 is 0 Å². The summed E-state index contributed by atoms with van der Waals surface area (Å²) in [5, 5.41) is 5.58. The van der Waals surface area contributed by atoms with Gasteiger partial charge in [0, 0.05) is 35.8 Å². The predicted molar refractivity (Wildman–Crippen MR) is 133 cm³/mol. The molecule has 1 atom stereocenters. The zero-order valence-corrected chi connectivity index (χ0v) is 19.9. The number of nitrogens with one attached hydrogen (secondary N) is 2. The number of carbonyl (C=O) groups is 1. The third-order valence-electron chi connectivity index (χ3n) is 5.25. The van der Waals surface area contributed by atoms with E-state index in [1.54, 1.807) is 36.4 Å². The van der Waals surface area contributed by atoms with E-state index < -0.39 is 9.84 Å². The second-order valence-corrected chi connectivity index (χ2v) is 10.4. The Morgan fingerprint density at radius 1 is 1.06 bits per heavy atom. The third kappa shape index (κ3) is 6.30. The van der Waals surface area contributed by atoms with Crippen LogP contribution >= 0.6 is 0 Å². The zero-order valence-electron chi connectivity index (χ0n) is 19.1. The average Bonchev–Trinajstić information content (AvgIpc) is 2.79. The summed E-state index contributed by atoms with van der Waals surface area (Å²) >= 11 is 0.